The summed E-state index contributed by atoms with van der Waals surface area (Å²) in [5, 5.41) is 11.7. The van der Waals surface area contributed by atoms with Gasteiger partial charge >= 0.3 is 5.69 Å². The standard InChI is InChI=1S/C22H14ClN3O3S/c23-15-7-3-5-13(11-27)19(15)18-8-16-20(30-18)21(28)26(22(29)25-16)17-10-24-9-12-4-1-2-6-14(12)17/h1-10,27H,11H2,(H,25,29). The van der Waals surface area contributed by atoms with Crippen LogP contribution in [-0.2, 0) is 6.61 Å². The number of fused-ring (bicyclic) bond motifs is 2. The first kappa shape index (κ1) is 18.7. The van der Waals surface area contributed by atoms with Crippen LogP contribution in [0.4, 0.5) is 0 Å². The van der Waals surface area contributed by atoms with Crippen LogP contribution in [-0.4, -0.2) is 19.6 Å². The van der Waals surface area contributed by atoms with E-state index in [1.165, 1.54) is 17.5 Å². The largest absolute Gasteiger partial charge is 0.392 e. The van der Waals surface area contributed by atoms with Crippen LogP contribution < -0.4 is 11.2 Å². The number of thiophene rings is 1. The number of rotatable bonds is 3. The maximum Gasteiger partial charge on any atom is 0.333 e. The Morgan fingerprint density at radius 2 is 1.93 bits per heavy atom. The van der Waals surface area contributed by atoms with Crippen LogP contribution in [0.25, 0.3) is 37.1 Å². The minimum Gasteiger partial charge on any atom is -0.392 e. The summed E-state index contributed by atoms with van der Waals surface area (Å²) in [6, 6.07) is 14.4. The van der Waals surface area contributed by atoms with E-state index in [4.69, 9.17) is 11.6 Å². The zero-order valence-electron chi connectivity index (χ0n) is 15.4. The number of hydrogen-bond donors (Lipinski definition) is 2. The molecular weight excluding hydrogens is 422 g/mol. The number of pyridine rings is 1. The minimum atomic E-state index is -0.545. The smallest absolute Gasteiger partial charge is 0.333 e. The summed E-state index contributed by atoms with van der Waals surface area (Å²) in [6.07, 6.45) is 3.20. The van der Waals surface area contributed by atoms with Gasteiger partial charge in [-0.15, -0.1) is 11.3 Å². The SMILES string of the molecule is O=c1[nH]c2cc(-c3c(Cl)cccc3CO)sc2c(=O)n1-c1cncc2ccccc12. The quantitative estimate of drug-likeness (QED) is 0.446. The highest BCUT2D eigenvalue weighted by atomic mass is 35.5. The summed E-state index contributed by atoms with van der Waals surface area (Å²) in [6.45, 7) is -0.188. The molecule has 148 valence electrons. The molecule has 0 saturated carbocycles. The number of aromatic nitrogens is 3. The Bertz CT molecular complexity index is 1550. The molecule has 3 heterocycles. The molecule has 5 aromatic rings. The number of aliphatic hydroxyl groups excluding tert-OH is 1. The van der Waals surface area contributed by atoms with Gasteiger partial charge < -0.3 is 10.1 Å². The molecule has 0 saturated heterocycles. The third-order valence-electron chi connectivity index (χ3n) is 4.98. The zero-order chi connectivity index (χ0) is 20.8. The average Bonchev–Trinajstić information content (AvgIpc) is 3.17. The van der Waals surface area contributed by atoms with Crippen molar-refractivity contribution in [1.29, 1.82) is 0 Å². The molecule has 0 fully saturated rings. The number of benzene rings is 2. The van der Waals surface area contributed by atoms with Crippen molar-refractivity contribution in [3.05, 3.63) is 92.3 Å². The van der Waals surface area contributed by atoms with Crippen LogP contribution in [0.5, 0.6) is 0 Å². The third-order valence-corrected chi connectivity index (χ3v) is 6.43. The summed E-state index contributed by atoms with van der Waals surface area (Å²) in [5.74, 6) is 0. The van der Waals surface area contributed by atoms with E-state index in [0.717, 1.165) is 15.3 Å². The highest BCUT2D eigenvalue weighted by Crippen LogP contribution is 2.37. The molecule has 0 spiro atoms. The molecule has 2 N–H and O–H groups in total. The van der Waals surface area contributed by atoms with Crippen molar-refractivity contribution >= 4 is 43.9 Å². The number of halogens is 1. The number of aliphatic hydroxyl groups is 1. The molecule has 0 radical (unpaired) electrons. The molecule has 0 aliphatic heterocycles. The van der Waals surface area contributed by atoms with Gasteiger partial charge in [-0.1, -0.05) is 48.0 Å². The fourth-order valence-corrected chi connectivity index (χ4v) is 5.10. The molecule has 0 aliphatic rings. The van der Waals surface area contributed by atoms with Crippen molar-refractivity contribution in [3.63, 3.8) is 0 Å². The van der Waals surface area contributed by atoms with E-state index in [1.54, 1.807) is 30.5 Å². The molecule has 8 heteroatoms. The first-order valence-corrected chi connectivity index (χ1v) is 10.3. The topological polar surface area (TPSA) is 88.0 Å². The number of hydrogen-bond acceptors (Lipinski definition) is 5. The lowest BCUT2D eigenvalue weighted by molar-refractivity contribution is 0.282. The molecule has 30 heavy (non-hydrogen) atoms. The summed E-state index contributed by atoms with van der Waals surface area (Å²) >= 11 is 7.59. The second kappa shape index (κ2) is 7.21. The molecule has 3 aromatic heterocycles. The Morgan fingerprint density at radius 3 is 2.77 bits per heavy atom. The van der Waals surface area contributed by atoms with Crippen LogP contribution >= 0.6 is 22.9 Å². The van der Waals surface area contributed by atoms with E-state index < -0.39 is 11.2 Å². The fourth-order valence-electron chi connectivity index (χ4n) is 3.60. The molecule has 0 unspecified atom stereocenters. The number of nitrogens with one attached hydrogen (secondary N) is 1. The van der Waals surface area contributed by atoms with Crippen LogP contribution in [0.15, 0.2) is 70.5 Å². The minimum absolute atomic E-state index is 0.188. The molecule has 6 nitrogen and oxygen atoms in total. The van der Waals surface area contributed by atoms with Gasteiger partial charge in [0.2, 0.25) is 0 Å². The highest BCUT2D eigenvalue weighted by Gasteiger charge is 2.18. The van der Waals surface area contributed by atoms with Gasteiger partial charge in [0.05, 0.1) is 24.0 Å². The van der Waals surface area contributed by atoms with Gasteiger partial charge in [0.15, 0.2) is 0 Å². The third kappa shape index (κ3) is 2.87. The molecule has 0 aliphatic carbocycles. The number of nitrogens with zero attached hydrogens (tertiary/aromatic N) is 2. The predicted molar refractivity (Wildman–Crippen MR) is 120 cm³/mol. The molecule has 0 bridgehead atoms. The van der Waals surface area contributed by atoms with Gasteiger partial charge in [0, 0.05) is 32.4 Å². The Balaban J connectivity index is 1.80. The Labute approximate surface area is 178 Å². The maximum absolute atomic E-state index is 13.3. The van der Waals surface area contributed by atoms with Crippen LogP contribution in [0.2, 0.25) is 5.02 Å². The first-order chi connectivity index (χ1) is 14.6. The summed E-state index contributed by atoms with van der Waals surface area (Å²) in [7, 11) is 0. The first-order valence-electron chi connectivity index (χ1n) is 9.09. The van der Waals surface area contributed by atoms with E-state index in [1.807, 2.05) is 24.3 Å². The van der Waals surface area contributed by atoms with E-state index in [-0.39, 0.29) is 6.61 Å². The number of aromatic amines is 1. The van der Waals surface area contributed by atoms with Crippen molar-refractivity contribution in [2.24, 2.45) is 0 Å². The summed E-state index contributed by atoms with van der Waals surface area (Å²) in [4.78, 5) is 33.8. The average molecular weight is 436 g/mol. The van der Waals surface area contributed by atoms with Gasteiger partial charge in [-0.3, -0.25) is 9.78 Å². The molecule has 0 amide bonds. The zero-order valence-corrected chi connectivity index (χ0v) is 17.0. The lowest BCUT2D eigenvalue weighted by Gasteiger charge is -2.07. The highest BCUT2D eigenvalue weighted by molar-refractivity contribution is 7.22. The van der Waals surface area contributed by atoms with Gasteiger partial charge in [-0.2, -0.15) is 0 Å². The fraction of sp³-hybridized carbons (Fsp3) is 0.0455. The monoisotopic (exact) mass is 435 g/mol. The second-order valence-corrected chi connectivity index (χ2v) is 8.20. The van der Waals surface area contributed by atoms with Gasteiger partial charge in [0.1, 0.15) is 4.70 Å². The summed E-state index contributed by atoms with van der Waals surface area (Å²) in [5.41, 5.74) is 1.18. The Morgan fingerprint density at radius 1 is 1.10 bits per heavy atom. The Hall–Kier alpha value is -3.26. The van der Waals surface area contributed by atoms with E-state index in [2.05, 4.69) is 9.97 Å². The van der Waals surface area contributed by atoms with Gasteiger partial charge in [-0.05, 0) is 17.7 Å². The Kier molecular flexibility index (Phi) is 4.51. The summed E-state index contributed by atoms with van der Waals surface area (Å²) < 4.78 is 1.50. The van der Waals surface area contributed by atoms with Crippen LogP contribution in [0, 0.1) is 0 Å². The van der Waals surface area contributed by atoms with Crippen molar-refractivity contribution in [2.45, 2.75) is 6.61 Å². The second-order valence-electron chi connectivity index (χ2n) is 6.74. The van der Waals surface area contributed by atoms with E-state index in [9.17, 15) is 14.7 Å². The number of H-pyrrole nitrogens is 1. The van der Waals surface area contributed by atoms with Crippen molar-refractivity contribution in [3.8, 4) is 16.1 Å². The molecule has 0 atom stereocenters. The van der Waals surface area contributed by atoms with Crippen molar-refractivity contribution < 1.29 is 5.11 Å². The van der Waals surface area contributed by atoms with E-state index in [0.29, 0.717) is 36.9 Å². The van der Waals surface area contributed by atoms with Crippen molar-refractivity contribution in [2.75, 3.05) is 0 Å². The lowest BCUT2D eigenvalue weighted by atomic mass is 10.1. The van der Waals surface area contributed by atoms with Crippen LogP contribution in [0.1, 0.15) is 5.56 Å². The molecule has 2 aromatic carbocycles. The van der Waals surface area contributed by atoms with E-state index >= 15 is 0 Å². The van der Waals surface area contributed by atoms with Crippen molar-refractivity contribution in [1.82, 2.24) is 14.5 Å². The molecule has 5 rings (SSSR count). The predicted octanol–water partition coefficient (Wildman–Crippen LogP) is 4.10. The molecular formula is C22H14ClN3O3S. The van der Waals surface area contributed by atoms with Gasteiger partial charge in [0.25, 0.3) is 5.56 Å². The maximum atomic E-state index is 13.3. The lowest BCUT2D eigenvalue weighted by Crippen LogP contribution is -2.33. The normalized spacial score (nSPS) is 11.4. The van der Waals surface area contributed by atoms with Crippen LogP contribution in [0.3, 0.4) is 0 Å². The van der Waals surface area contributed by atoms with Gasteiger partial charge in [-0.25, -0.2) is 9.36 Å².